The zero-order valence-electron chi connectivity index (χ0n) is 13.2. The number of hydrogen-bond acceptors (Lipinski definition) is 3. The molecule has 1 heterocycles. The lowest BCUT2D eigenvalue weighted by Crippen LogP contribution is -2.42. The van der Waals surface area contributed by atoms with Crippen LogP contribution >= 0.6 is 31.9 Å². The van der Waals surface area contributed by atoms with Crippen molar-refractivity contribution in [1.29, 1.82) is 0 Å². The summed E-state index contributed by atoms with van der Waals surface area (Å²) in [5, 5.41) is 0. The van der Waals surface area contributed by atoms with Gasteiger partial charge in [-0.2, -0.15) is 0 Å². The molecule has 2 fully saturated rings. The minimum Gasteiger partial charge on any atom is -0.493 e. The molecule has 0 spiro atoms. The predicted octanol–water partition coefficient (Wildman–Crippen LogP) is 4.75. The first-order valence-corrected chi connectivity index (χ1v) is 9.49. The number of likely N-dealkylation sites (tertiary alicyclic amines) is 1. The van der Waals surface area contributed by atoms with Crippen LogP contribution in [0.4, 0.5) is 0 Å². The smallest absolute Gasteiger partial charge is 0.161 e. The number of alkyl halides is 1. The second-order valence-corrected chi connectivity index (χ2v) is 8.75. The van der Waals surface area contributed by atoms with Gasteiger partial charge in [0.1, 0.15) is 0 Å². The summed E-state index contributed by atoms with van der Waals surface area (Å²) in [7, 11) is 3.36. The Morgan fingerprint density at radius 1 is 1.18 bits per heavy atom. The van der Waals surface area contributed by atoms with E-state index in [9.17, 15) is 0 Å². The van der Waals surface area contributed by atoms with E-state index in [1.54, 1.807) is 14.2 Å². The molecule has 0 bridgehead atoms. The summed E-state index contributed by atoms with van der Waals surface area (Å²) >= 11 is 7.73. The van der Waals surface area contributed by atoms with E-state index < -0.39 is 0 Å². The highest BCUT2D eigenvalue weighted by atomic mass is 79.9. The first-order valence-electron chi connectivity index (χ1n) is 7.91. The number of methoxy groups -OCH3 is 2. The molecule has 3 rings (SSSR count). The fraction of sp³-hybridized carbons (Fsp3) is 0.647. The van der Waals surface area contributed by atoms with Crippen LogP contribution in [0.25, 0.3) is 0 Å². The number of nitrogens with zero attached hydrogens (tertiary/aromatic N) is 1. The molecule has 2 atom stereocenters. The fourth-order valence-electron chi connectivity index (χ4n) is 3.89. The van der Waals surface area contributed by atoms with E-state index in [4.69, 9.17) is 9.47 Å². The van der Waals surface area contributed by atoms with Gasteiger partial charge in [-0.15, -0.1) is 0 Å². The van der Waals surface area contributed by atoms with Crippen molar-refractivity contribution in [1.82, 2.24) is 4.90 Å². The quantitative estimate of drug-likeness (QED) is 0.641. The third-order valence-electron chi connectivity index (χ3n) is 5.10. The van der Waals surface area contributed by atoms with Crippen molar-refractivity contribution in [3.05, 3.63) is 22.2 Å². The SMILES string of the molecule is COc1cc(Br)c(CN2CC[C@@]3(Br)CCCC[C@@H]23)cc1OC. The normalized spacial score (nSPS) is 28.5. The van der Waals surface area contributed by atoms with Crippen molar-refractivity contribution in [2.45, 2.75) is 49.0 Å². The Kier molecular flexibility index (Phi) is 5.05. The van der Waals surface area contributed by atoms with Gasteiger partial charge < -0.3 is 9.47 Å². The van der Waals surface area contributed by atoms with E-state index in [2.05, 4.69) is 42.8 Å². The molecule has 5 heteroatoms. The minimum atomic E-state index is 0.342. The van der Waals surface area contributed by atoms with E-state index in [1.807, 2.05) is 6.07 Å². The van der Waals surface area contributed by atoms with Gasteiger partial charge in [0.15, 0.2) is 11.5 Å². The Balaban J connectivity index is 1.81. The summed E-state index contributed by atoms with van der Waals surface area (Å²) < 4.78 is 12.2. The van der Waals surface area contributed by atoms with Gasteiger partial charge >= 0.3 is 0 Å². The van der Waals surface area contributed by atoms with Crippen LogP contribution < -0.4 is 9.47 Å². The summed E-state index contributed by atoms with van der Waals surface area (Å²) in [5.41, 5.74) is 1.26. The summed E-state index contributed by atoms with van der Waals surface area (Å²) in [4.78, 5) is 2.62. The molecule has 1 aromatic carbocycles. The largest absolute Gasteiger partial charge is 0.493 e. The average molecular weight is 433 g/mol. The van der Waals surface area contributed by atoms with E-state index in [0.717, 1.165) is 29.1 Å². The zero-order chi connectivity index (χ0) is 15.7. The van der Waals surface area contributed by atoms with Gasteiger partial charge in [0.05, 0.1) is 14.2 Å². The lowest BCUT2D eigenvalue weighted by atomic mass is 9.85. The van der Waals surface area contributed by atoms with Gasteiger partial charge in [-0.05, 0) is 37.0 Å². The fourth-order valence-corrected chi connectivity index (χ4v) is 5.32. The van der Waals surface area contributed by atoms with Crippen molar-refractivity contribution in [2.24, 2.45) is 0 Å². The number of ether oxygens (including phenoxy) is 2. The van der Waals surface area contributed by atoms with Crippen molar-refractivity contribution in [2.75, 3.05) is 20.8 Å². The molecule has 22 heavy (non-hydrogen) atoms. The number of halogens is 2. The van der Waals surface area contributed by atoms with Gasteiger partial charge in [0, 0.05) is 27.9 Å². The van der Waals surface area contributed by atoms with Gasteiger partial charge in [0.2, 0.25) is 0 Å². The maximum absolute atomic E-state index is 5.45. The number of benzene rings is 1. The molecule has 1 aliphatic heterocycles. The van der Waals surface area contributed by atoms with Crippen LogP contribution in [-0.4, -0.2) is 36.0 Å². The maximum atomic E-state index is 5.45. The first-order chi connectivity index (χ1) is 10.6. The topological polar surface area (TPSA) is 21.7 Å². The van der Waals surface area contributed by atoms with Gasteiger partial charge in [0.25, 0.3) is 0 Å². The van der Waals surface area contributed by atoms with Crippen LogP contribution in [0.5, 0.6) is 11.5 Å². The van der Waals surface area contributed by atoms with Gasteiger partial charge in [-0.3, -0.25) is 4.90 Å². The molecule has 0 radical (unpaired) electrons. The minimum absolute atomic E-state index is 0.342. The van der Waals surface area contributed by atoms with E-state index in [-0.39, 0.29) is 0 Å². The molecule has 0 N–H and O–H groups in total. The molecule has 0 aromatic heterocycles. The van der Waals surface area contributed by atoms with Crippen LogP contribution in [0.1, 0.15) is 37.7 Å². The van der Waals surface area contributed by atoms with Crippen molar-refractivity contribution in [3.8, 4) is 11.5 Å². The molecule has 1 aromatic rings. The molecule has 1 saturated carbocycles. The van der Waals surface area contributed by atoms with Crippen LogP contribution in [0, 0.1) is 0 Å². The molecular formula is C17H23Br2NO2. The average Bonchev–Trinajstić information content (AvgIpc) is 2.85. The highest BCUT2D eigenvalue weighted by Gasteiger charge is 2.46. The Hall–Kier alpha value is -0.260. The zero-order valence-corrected chi connectivity index (χ0v) is 16.4. The molecule has 1 aliphatic carbocycles. The highest BCUT2D eigenvalue weighted by molar-refractivity contribution is 9.10. The summed E-state index contributed by atoms with van der Waals surface area (Å²) in [6.07, 6.45) is 6.57. The van der Waals surface area contributed by atoms with Crippen molar-refractivity contribution < 1.29 is 9.47 Å². The Morgan fingerprint density at radius 2 is 1.91 bits per heavy atom. The molecule has 0 amide bonds. The van der Waals surface area contributed by atoms with Crippen LogP contribution in [0.2, 0.25) is 0 Å². The third kappa shape index (κ3) is 3.04. The van der Waals surface area contributed by atoms with Crippen LogP contribution in [-0.2, 0) is 6.54 Å². The number of fused-ring (bicyclic) bond motifs is 1. The Morgan fingerprint density at radius 3 is 2.64 bits per heavy atom. The third-order valence-corrected chi connectivity index (χ3v) is 7.16. The van der Waals surface area contributed by atoms with E-state index >= 15 is 0 Å². The molecule has 0 unspecified atom stereocenters. The predicted molar refractivity (Wildman–Crippen MR) is 96.2 cm³/mol. The first kappa shape index (κ1) is 16.6. The molecule has 122 valence electrons. The lowest BCUT2D eigenvalue weighted by Gasteiger charge is -2.38. The van der Waals surface area contributed by atoms with E-state index in [0.29, 0.717) is 10.4 Å². The standard InChI is InChI=1S/C17H23Br2NO2/c1-21-14-9-12(13(18)10-15(14)22-2)11-20-8-7-17(19)6-4-3-5-16(17)20/h9-10,16H,3-8,11H2,1-2H3/t16-,17+/m1/s1. The molecular weight excluding hydrogens is 410 g/mol. The number of rotatable bonds is 4. The molecule has 3 nitrogen and oxygen atoms in total. The number of hydrogen-bond donors (Lipinski definition) is 0. The van der Waals surface area contributed by atoms with Crippen molar-refractivity contribution >= 4 is 31.9 Å². The second kappa shape index (κ2) is 6.70. The maximum Gasteiger partial charge on any atom is 0.161 e. The van der Waals surface area contributed by atoms with Gasteiger partial charge in [-0.1, -0.05) is 44.7 Å². The lowest BCUT2D eigenvalue weighted by molar-refractivity contribution is 0.192. The van der Waals surface area contributed by atoms with Crippen LogP contribution in [0.3, 0.4) is 0 Å². The van der Waals surface area contributed by atoms with Crippen molar-refractivity contribution in [3.63, 3.8) is 0 Å². The van der Waals surface area contributed by atoms with Crippen LogP contribution in [0.15, 0.2) is 16.6 Å². The Bertz CT molecular complexity index is 552. The summed E-state index contributed by atoms with van der Waals surface area (Å²) in [6.45, 7) is 2.12. The Labute approximate surface area is 149 Å². The second-order valence-electron chi connectivity index (χ2n) is 6.32. The van der Waals surface area contributed by atoms with E-state index in [1.165, 1.54) is 37.7 Å². The summed E-state index contributed by atoms with van der Waals surface area (Å²) in [5.74, 6) is 1.57. The van der Waals surface area contributed by atoms with Gasteiger partial charge in [-0.25, -0.2) is 0 Å². The highest BCUT2D eigenvalue weighted by Crippen LogP contribution is 2.47. The monoisotopic (exact) mass is 431 g/mol. The molecule has 2 aliphatic rings. The summed E-state index contributed by atoms with van der Waals surface area (Å²) in [6, 6.07) is 4.76. The molecule has 1 saturated heterocycles.